The molecule has 2 rings (SSSR count). The molecule has 0 unspecified atom stereocenters. The molecule has 0 radical (unpaired) electrons. The molecule has 1 aliphatic carbocycles. The van der Waals surface area contributed by atoms with Crippen LogP contribution in [-0.2, 0) is 16.0 Å². The van der Waals surface area contributed by atoms with Crippen molar-refractivity contribution in [1.29, 1.82) is 0 Å². The number of benzene rings is 1. The van der Waals surface area contributed by atoms with Crippen LogP contribution in [0.15, 0.2) is 54.6 Å². The van der Waals surface area contributed by atoms with E-state index in [2.05, 4.69) is 29.0 Å². The first-order valence-corrected chi connectivity index (χ1v) is 10.8. The smallest absolute Gasteiger partial charge is 0.305 e. The molecule has 1 fully saturated rings. The van der Waals surface area contributed by atoms with Crippen molar-refractivity contribution in [2.24, 2.45) is 11.8 Å². The van der Waals surface area contributed by atoms with Gasteiger partial charge in [0.1, 0.15) is 0 Å². The molecular formula is C25H36O4. The van der Waals surface area contributed by atoms with Crippen molar-refractivity contribution in [2.75, 3.05) is 7.11 Å². The van der Waals surface area contributed by atoms with Gasteiger partial charge in [-0.2, -0.15) is 0 Å². The molecule has 0 amide bonds. The summed E-state index contributed by atoms with van der Waals surface area (Å²) in [4.78, 5) is 11.1. The molecule has 1 saturated carbocycles. The number of rotatable bonds is 11. The number of methoxy groups -OCH3 is 1. The highest BCUT2D eigenvalue weighted by Gasteiger charge is 2.33. The highest BCUT2D eigenvalue weighted by molar-refractivity contribution is 5.69. The Labute approximate surface area is 175 Å². The third-order valence-corrected chi connectivity index (χ3v) is 5.88. The van der Waals surface area contributed by atoms with E-state index >= 15 is 0 Å². The van der Waals surface area contributed by atoms with Gasteiger partial charge in [-0.15, -0.1) is 0 Å². The number of ether oxygens (including phenoxy) is 1. The Morgan fingerprint density at radius 3 is 2.66 bits per heavy atom. The highest BCUT2D eigenvalue weighted by atomic mass is 16.5. The van der Waals surface area contributed by atoms with E-state index in [4.69, 9.17) is 0 Å². The Morgan fingerprint density at radius 1 is 1.21 bits per heavy atom. The first-order valence-electron chi connectivity index (χ1n) is 10.8. The Bertz CT molecular complexity index is 663. The third kappa shape index (κ3) is 8.55. The predicted octanol–water partition coefficient (Wildman–Crippen LogP) is 4.60. The van der Waals surface area contributed by atoms with E-state index in [9.17, 15) is 15.0 Å². The molecule has 2 N–H and O–H groups in total. The maximum atomic E-state index is 11.1. The van der Waals surface area contributed by atoms with Crippen LogP contribution in [0.4, 0.5) is 0 Å². The molecule has 160 valence electrons. The number of aliphatic hydroxyl groups excluding tert-OH is 1. The SMILES string of the molecule is COC(=O)CC/C=C\CC[C@H]1[C@@H](O)CC[C@@H]1/C=C/[C@](C)(O)CCc1ccccc1. The van der Waals surface area contributed by atoms with E-state index < -0.39 is 5.60 Å². The summed E-state index contributed by atoms with van der Waals surface area (Å²) >= 11 is 0. The average Bonchev–Trinajstić information content (AvgIpc) is 3.08. The van der Waals surface area contributed by atoms with E-state index in [-0.39, 0.29) is 18.0 Å². The van der Waals surface area contributed by atoms with Gasteiger partial charge in [0.25, 0.3) is 0 Å². The molecule has 4 atom stereocenters. The fraction of sp³-hybridized carbons (Fsp3) is 0.560. The Morgan fingerprint density at radius 2 is 1.93 bits per heavy atom. The number of carbonyl (C=O) groups is 1. The Kier molecular flexibility index (Phi) is 9.62. The molecule has 0 saturated heterocycles. The second-order valence-electron chi connectivity index (χ2n) is 8.34. The van der Waals surface area contributed by atoms with Crippen molar-refractivity contribution in [2.45, 2.75) is 70.0 Å². The summed E-state index contributed by atoms with van der Waals surface area (Å²) in [7, 11) is 1.40. The second kappa shape index (κ2) is 11.9. The number of esters is 1. The maximum Gasteiger partial charge on any atom is 0.305 e. The summed E-state index contributed by atoms with van der Waals surface area (Å²) in [5, 5.41) is 21.1. The fourth-order valence-corrected chi connectivity index (χ4v) is 4.01. The topological polar surface area (TPSA) is 66.8 Å². The Balaban J connectivity index is 1.79. The van der Waals surface area contributed by atoms with Crippen LogP contribution in [-0.4, -0.2) is 35.0 Å². The van der Waals surface area contributed by atoms with E-state index in [1.807, 2.05) is 37.3 Å². The second-order valence-corrected chi connectivity index (χ2v) is 8.34. The molecular weight excluding hydrogens is 364 g/mol. The average molecular weight is 401 g/mol. The summed E-state index contributed by atoms with van der Waals surface area (Å²) in [5.41, 5.74) is 0.385. The highest BCUT2D eigenvalue weighted by Crippen LogP contribution is 2.37. The van der Waals surface area contributed by atoms with Crippen LogP contribution in [0.1, 0.15) is 57.4 Å². The monoisotopic (exact) mass is 400 g/mol. The fourth-order valence-electron chi connectivity index (χ4n) is 4.01. The van der Waals surface area contributed by atoms with Crippen molar-refractivity contribution in [1.82, 2.24) is 0 Å². The number of hydrogen-bond acceptors (Lipinski definition) is 4. The lowest BCUT2D eigenvalue weighted by molar-refractivity contribution is -0.140. The van der Waals surface area contributed by atoms with Crippen molar-refractivity contribution in [3.05, 3.63) is 60.2 Å². The summed E-state index contributed by atoms with van der Waals surface area (Å²) in [6.07, 6.45) is 14.1. The van der Waals surface area contributed by atoms with Crippen LogP contribution in [0.2, 0.25) is 0 Å². The van der Waals surface area contributed by atoms with Gasteiger partial charge in [-0.3, -0.25) is 4.79 Å². The quantitative estimate of drug-likeness (QED) is 0.421. The van der Waals surface area contributed by atoms with Gasteiger partial charge >= 0.3 is 5.97 Å². The first-order chi connectivity index (χ1) is 13.9. The van der Waals surface area contributed by atoms with E-state index in [1.54, 1.807) is 0 Å². The molecule has 1 aliphatic rings. The van der Waals surface area contributed by atoms with Gasteiger partial charge in [-0.05, 0) is 69.3 Å². The van der Waals surface area contributed by atoms with Crippen LogP contribution >= 0.6 is 0 Å². The molecule has 4 heteroatoms. The first kappa shape index (κ1) is 23.4. The van der Waals surface area contributed by atoms with Crippen LogP contribution in [0, 0.1) is 11.8 Å². The zero-order valence-electron chi connectivity index (χ0n) is 17.8. The lowest BCUT2D eigenvalue weighted by Gasteiger charge is -2.22. The van der Waals surface area contributed by atoms with E-state index in [0.29, 0.717) is 25.2 Å². The molecule has 0 spiro atoms. The van der Waals surface area contributed by atoms with Crippen molar-refractivity contribution in [3.63, 3.8) is 0 Å². The van der Waals surface area contributed by atoms with Gasteiger partial charge in [0.05, 0.1) is 18.8 Å². The van der Waals surface area contributed by atoms with Gasteiger partial charge in [-0.25, -0.2) is 0 Å². The van der Waals surface area contributed by atoms with Gasteiger partial charge in [-0.1, -0.05) is 54.6 Å². The molecule has 1 aromatic carbocycles. The molecule has 29 heavy (non-hydrogen) atoms. The summed E-state index contributed by atoms with van der Waals surface area (Å²) in [6.45, 7) is 1.86. The van der Waals surface area contributed by atoms with Crippen LogP contribution < -0.4 is 0 Å². The standard InChI is InChI=1S/C25H36O4/c1-25(28,18-16-20-10-6-5-7-11-20)19-17-21-14-15-23(26)22(21)12-8-3-4-9-13-24(27)29-2/h3-7,10-11,17,19,21-23,26,28H,8-9,12-16,18H2,1-2H3/b4-3-,19-17+/t21-,22-,23+,25-/m1/s1. The summed E-state index contributed by atoms with van der Waals surface area (Å²) in [6, 6.07) is 10.2. The molecule has 0 aromatic heterocycles. The van der Waals surface area contributed by atoms with Crippen molar-refractivity contribution < 1.29 is 19.7 Å². The normalized spacial score (nSPS) is 24.2. The van der Waals surface area contributed by atoms with E-state index in [1.165, 1.54) is 12.7 Å². The number of aliphatic hydroxyl groups is 2. The van der Waals surface area contributed by atoms with E-state index in [0.717, 1.165) is 32.1 Å². The van der Waals surface area contributed by atoms with Crippen LogP contribution in [0.5, 0.6) is 0 Å². The summed E-state index contributed by atoms with van der Waals surface area (Å²) < 4.78 is 4.63. The number of carbonyl (C=O) groups excluding carboxylic acids is 1. The number of allylic oxidation sites excluding steroid dienone is 3. The van der Waals surface area contributed by atoms with Crippen LogP contribution in [0.25, 0.3) is 0 Å². The predicted molar refractivity (Wildman–Crippen MR) is 116 cm³/mol. The Hall–Kier alpha value is -1.91. The van der Waals surface area contributed by atoms with Gasteiger partial charge in [0, 0.05) is 6.42 Å². The molecule has 0 aliphatic heterocycles. The van der Waals surface area contributed by atoms with Crippen molar-refractivity contribution in [3.8, 4) is 0 Å². The molecule has 1 aromatic rings. The number of hydrogen-bond donors (Lipinski definition) is 2. The lowest BCUT2D eigenvalue weighted by atomic mass is 9.87. The molecule has 4 nitrogen and oxygen atoms in total. The maximum absolute atomic E-state index is 11.1. The molecule has 0 bridgehead atoms. The van der Waals surface area contributed by atoms with Gasteiger partial charge in [0.15, 0.2) is 0 Å². The zero-order valence-corrected chi connectivity index (χ0v) is 17.8. The lowest BCUT2D eigenvalue weighted by Crippen LogP contribution is -2.23. The minimum Gasteiger partial charge on any atom is -0.469 e. The summed E-state index contributed by atoms with van der Waals surface area (Å²) in [5.74, 6) is 0.337. The third-order valence-electron chi connectivity index (χ3n) is 5.88. The van der Waals surface area contributed by atoms with Gasteiger partial charge < -0.3 is 14.9 Å². The minimum absolute atomic E-state index is 0.189. The van der Waals surface area contributed by atoms with Crippen LogP contribution in [0.3, 0.4) is 0 Å². The van der Waals surface area contributed by atoms with Gasteiger partial charge in [0.2, 0.25) is 0 Å². The largest absolute Gasteiger partial charge is 0.469 e. The zero-order chi connectivity index (χ0) is 21.1. The molecule has 0 heterocycles. The number of aryl methyl sites for hydroxylation is 1. The minimum atomic E-state index is -0.846. The van der Waals surface area contributed by atoms with Crippen molar-refractivity contribution >= 4 is 5.97 Å².